The number of aryl methyl sites for hydroxylation is 1. The Balaban J connectivity index is 1.69. The molecule has 0 radical (unpaired) electrons. The van der Waals surface area contributed by atoms with Crippen molar-refractivity contribution in [2.24, 2.45) is 0 Å². The number of benzene rings is 3. The number of nitrogens with zero attached hydrogens (tertiary/aromatic N) is 2. The van der Waals surface area contributed by atoms with Gasteiger partial charge in [-0.2, -0.15) is 0 Å². The lowest BCUT2D eigenvalue weighted by Gasteiger charge is -2.33. The van der Waals surface area contributed by atoms with Gasteiger partial charge in [0.1, 0.15) is 12.6 Å². The second kappa shape index (κ2) is 14.4. The van der Waals surface area contributed by atoms with E-state index in [0.717, 1.165) is 47.5 Å². The summed E-state index contributed by atoms with van der Waals surface area (Å²) in [7, 11) is -1.35. The van der Waals surface area contributed by atoms with Crippen LogP contribution in [0.25, 0.3) is 0 Å². The Hall–Kier alpha value is -4.05. The van der Waals surface area contributed by atoms with Gasteiger partial charge in [-0.3, -0.25) is 13.9 Å². The Morgan fingerprint density at radius 2 is 1.56 bits per heavy atom. The monoisotopic (exact) mass is 607 g/mol. The van der Waals surface area contributed by atoms with Crippen molar-refractivity contribution in [1.29, 1.82) is 0 Å². The van der Waals surface area contributed by atoms with E-state index in [2.05, 4.69) is 5.32 Å². The van der Waals surface area contributed by atoms with Crippen LogP contribution in [0.5, 0.6) is 11.5 Å². The predicted molar refractivity (Wildman–Crippen MR) is 167 cm³/mol. The molecule has 1 N–H and O–H groups in total. The van der Waals surface area contributed by atoms with Crippen molar-refractivity contribution < 1.29 is 27.5 Å². The predicted octanol–water partition coefficient (Wildman–Crippen LogP) is 5.07. The Morgan fingerprint density at radius 3 is 2.21 bits per heavy atom. The van der Waals surface area contributed by atoms with Gasteiger partial charge in [-0.05, 0) is 62.1 Å². The third kappa shape index (κ3) is 7.67. The summed E-state index contributed by atoms with van der Waals surface area (Å²) in [4.78, 5) is 29.1. The van der Waals surface area contributed by atoms with Crippen molar-refractivity contribution in [3.8, 4) is 11.5 Å². The van der Waals surface area contributed by atoms with Crippen molar-refractivity contribution >= 4 is 27.5 Å². The lowest BCUT2D eigenvalue weighted by Crippen LogP contribution is -2.53. The Kier molecular flexibility index (Phi) is 10.7. The molecule has 1 saturated carbocycles. The van der Waals surface area contributed by atoms with Crippen LogP contribution in [0.2, 0.25) is 0 Å². The molecule has 2 amide bonds. The largest absolute Gasteiger partial charge is 0.493 e. The molecule has 9 nitrogen and oxygen atoms in total. The van der Waals surface area contributed by atoms with Gasteiger partial charge >= 0.3 is 0 Å². The first-order valence-electron chi connectivity index (χ1n) is 14.6. The standard InChI is InChI=1S/C33H41N3O6S/c1-24-13-11-12-14-26(24)22-35(25(2)33(38)34-27-15-7-5-8-16-27)32(37)23-36(28-17-9-6-10-18-28)43(39,40)29-19-20-30(41-3)31(21-29)42-4/h6,9-14,17-21,25,27H,5,7-8,15-16,22-23H2,1-4H3,(H,34,38)/t25-/m0/s1. The fraction of sp³-hybridized carbons (Fsp3) is 0.394. The maximum Gasteiger partial charge on any atom is 0.264 e. The number of para-hydroxylation sites is 1. The first-order chi connectivity index (χ1) is 20.6. The number of amides is 2. The van der Waals surface area contributed by atoms with Crippen LogP contribution >= 0.6 is 0 Å². The van der Waals surface area contributed by atoms with Crippen LogP contribution in [-0.2, 0) is 26.2 Å². The van der Waals surface area contributed by atoms with Crippen LogP contribution in [0.15, 0.2) is 77.7 Å². The number of anilines is 1. The Bertz CT molecular complexity index is 1510. The number of carbonyl (C=O) groups is 2. The molecule has 0 spiro atoms. The number of hydrogen-bond donors (Lipinski definition) is 1. The second-order valence-corrected chi connectivity index (χ2v) is 12.7. The minimum atomic E-state index is -4.24. The number of carbonyl (C=O) groups excluding carboxylic acids is 2. The number of sulfonamides is 1. The molecule has 3 aromatic rings. The molecule has 230 valence electrons. The van der Waals surface area contributed by atoms with Crippen LogP contribution in [0.1, 0.15) is 50.2 Å². The molecule has 43 heavy (non-hydrogen) atoms. The average molecular weight is 608 g/mol. The van der Waals surface area contributed by atoms with Gasteiger partial charge in [0.2, 0.25) is 11.8 Å². The highest BCUT2D eigenvalue weighted by molar-refractivity contribution is 7.92. The SMILES string of the molecule is COc1ccc(S(=O)(=O)N(CC(=O)N(Cc2ccccc2C)[C@@H](C)C(=O)NC2CCCCC2)c2ccccc2)cc1OC. The van der Waals surface area contributed by atoms with Crippen LogP contribution < -0.4 is 19.1 Å². The minimum Gasteiger partial charge on any atom is -0.493 e. The van der Waals surface area contributed by atoms with E-state index in [9.17, 15) is 18.0 Å². The summed E-state index contributed by atoms with van der Waals surface area (Å²) in [5, 5.41) is 3.13. The maximum atomic E-state index is 14.2. The molecule has 10 heteroatoms. The normalized spacial score (nSPS) is 14.4. The highest BCUT2D eigenvalue weighted by Gasteiger charge is 2.33. The van der Waals surface area contributed by atoms with Gasteiger partial charge in [-0.15, -0.1) is 0 Å². The Labute approximate surface area is 254 Å². The Morgan fingerprint density at radius 1 is 0.907 bits per heavy atom. The maximum absolute atomic E-state index is 14.2. The minimum absolute atomic E-state index is 0.0599. The zero-order chi connectivity index (χ0) is 31.0. The lowest BCUT2D eigenvalue weighted by atomic mass is 9.95. The molecule has 0 aliphatic heterocycles. The molecule has 1 fully saturated rings. The molecular formula is C33H41N3O6S. The van der Waals surface area contributed by atoms with Crippen LogP contribution in [0.4, 0.5) is 5.69 Å². The quantitative estimate of drug-likeness (QED) is 0.308. The third-order valence-electron chi connectivity index (χ3n) is 7.99. The summed E-state index contributed by atoms with van der Waals surface area (Å²) in [6.45, 7) is 3.30. The van der Waals surface area contributed by atoms with E-state index in [1.165, 1.54) is 37.3 Å². The number of rotatable bonds is 12. The average Bonchev–Trinajstić information content (AvgIpc) is 3.03. The molecule has 3 aromatic carbocycles. The van der Waals surface area contributed by atoms with Gasteiger partial charge in [0.05, 0.1) is 24.8 Å². The van der Waals surface area contributed by atoms with Gasteiger partial charge < -0.3 is 19.7 Å². The van der Waals surface area contributed by atoms with Gasteiger partial charge in [0.25, 0.3) is 10.0 Å². The number of hydrogen-bond acceptors (Lipinski definition) is 6. The number of nitrogens with one attached hydrogen (secondary N) is 1. The topological polar surface area (TPSA) is 105 Å². The van der Waals surface area contributed by atoms with Crippen molar-refractivity contribution in [3.05, 3.63) is 83.9 Å². The molecular weight excluding hydrogens is 566 g/mol. The van der Waals surface area contributed by atoms with E-state index >= 15 is 0 Å². The van der Waals surface area contributed by atoms with Crippen molar-refractivity contribution in [2.45, 2.75) is 69.5 Å². The van der Waals surface area contributed by atoms with Gasteiger partial charge in [-0.25, -0.2) is 8.42 Å². The molecule has 0 heterocycles. The van der Waals surface area contributed by atoms with E-state index in [1.54, 1.807) is 37.3 Å². The van der Waals surface area contributed by atoms with E-state index in [1.807, 2.05) is 31.2 Å². The first kappa shape index (κ1) is 31.9. The first-order valence-corrected chi connectivity index (χ1v) is 16.0. The molecule has 1 aliphatic carbocycles. The van der Waals surface area contributed by atoms with Crippen LogP contribution in [0, 0.1) is 6.92 Å². The summed E-state index contributed by atoms with van der Waals surface area (Å²) >= 11 is 0. The van der Waals surface area contributed by atoms with E-state index < -0.39 is 28.5 Å². The zero-order valence-electron chi connectivity index (χ0n) is 25.3. The number of methoxy groups -OCH3 is 2. The molecule has 0 saturated heterocycles. The van der Waals surface area contributed by atoms with Gasteiger partial charge in [0, 0.05) is 18.7 Å². The summed E-state index contributed by atoms with van der Waals surface area (Å²) in [6, 6.07) is 19.7. The fourth-order valence-corrected chi connectivity index (χ4v) is 6.78. The van der Waals surface area contributed by atoms with Crippen molar-refractivity contribution in [2.75, 3.05) is 25.1 Å². The van der Waals surface area contributed by atoms with Gasteiger partial charge in [0.15, 0.2) is 11.5 Å². The second-order valence-electron chi connectivity index (χ2n) is 10.8. The molecule has 1 atom stereocenters. The van der Waals surface area contributed by atoms with Crippen molar-refractivity contribution in [1.82, 2.24) is 10.2 Å². The van der Waals surface area contributed by atoms with Crippen LogP contribution in [-0.4, -0.2) is 58.0 Å². The van der Waals surface area contributed by atoms with E-state index in [-0.39, 0.29) is 29.1 Å². The van der Waals surface area contributed by atoms with Crippen LogP contribution in [0.3, 0.4) is 0 Å². The summed E-state index contributed by atoms with van der Waals surface area (Å²) in [5.41, 5.74) is 2.17. The molecule has 0 unspecified atom stereocenters. The summed E-state index contributed by atoms with van der Waals surface area (Å²) in [5.74, 6) is -0.117. The molecule has 4 rings (SSSR count). The lowest BCUT2D eigenvalue weighted by molar-refractivity contribution is -0.139. The highest BCUT2D eigenvalue weighted by atomic mass is 32.2. The smallest absolute Gasteiger partial charge is 0.264 e. The van der Waals surface area contributed by atoms with Crippen molar-refractivity contribution in [3.63, 3.8) is 0 Å². The zero-order valence-corrected chi connectivity index (χ0v) is 26.1. The molecule has 0 aromatic heterocycles. The summed E-state index contributed by atoms with van der Waals surface area (Å²) < 4.78 is 39.9. The van der Waals surface area contributed by atoms with Gasteiger partial charge in [-0.1, -0.05) is 61.7 Å². The highest BCUT2D eigenvalue weighted by Crippen LogP contribution is 2.32. The molecule has 0 bridgehead atoms. The third-order valence-corrected chi connectivity index (χ3v) is 9.76. The van der Waals surface area contributed by atoms with E-state index in [0.29, 0.717) is 11.4 Å². The molecule has 1 aliphatic rings. The summed E-state index contributed by atoms with van der Waals surface area (Å²) in [6.07, 6.45) is 5.10. The van der Waals surface area contributed by atoms with E-state index in [4.69, 9.17) is 9.47 Å². The fourth-order valence-electron chi connectivity index (χ4n) is 5.35. The number of ether oxygens (including phenoxy) is 2.